The van der Waals surface area contributed by atoms with Crippen LogP contribution in [0.4, 0.5) is 5.69 Å². The number of halogens is 1. The normalized spacial score (nSPS) is 13.0. The fraction of sp³-hybridized carbons (Fsp3) is 0.333. The van der Waals surface area contributed by atoms with E-state index in [0.717, 1.165) is 10.7 Å². The summed E-state index contributed by atoms with van der Waals surface area (Å²) >= 11 is 5.88. The molecule has 0 unspecified atom stereocenters. The van der Waals surface area contributed by atoms with Gasteiger partial charge in [-0.05, 0) is 37.0 Å². The molecule has 0 fully saturated rings. The molecule has 0 aliphatic rings. The Morgan fingerprint density at radius 2 is 1.83 bits per heavy atom. The van der Waals surface area contributed by atoms with E-state index in [4.69, 9.17) is 17.3 Å². The number of anilines is 1. The average molecular weight is 204 g/mol. The van der Waals surface area contributed by atoms with Gasteiger partial charge in [0, 0.05) is 15.6 Å². The maximum Gasteiger partial charge on any atom is 0.0438 e. The van der Waals surface area contributed by atoms with E-state index in [1.54, 1.807) is 0 Å². The molecule has 3 heteroatoms. The minimum Gasteiger partial charge on any atom is -0.398 e. The Bertz CT molecular complexity index is 291. The summed E-state index contributed by atoms with van der Waals surface area (Å²) in [6, 6.07) is 5.66. The van der Waals surface area contributed by atoms with Crippen molar-refractivity contribution in [3.05, 3.63) is 23.2 Å². The Morgan fingerprint density at radius 1 is 1.25 bits per heavy atom. The number of benzene rings is 1. The average Bonchev–Trinajstić information content (AvgIpc) is 1.92. The van der Waals surface area contributed by atoms with Crippen LogP contribution in [0, 0.1) is 0 Å². The van der Waals surface area contributed by atoms with Crippen LogP contribution in [0.3, 0.4) is 0 Å². The van der Waals surface area contributed by atoms with E-state index < -0.39 is 10.0 Å². The van der Waals surface area contributed by atoms with Crippen molar-refractivity contribution in [3.8, 4) is 0 Å². The number of rotatable bonds is 1. The summed E-state index contributed by atoms with van der Waals surface area (Å²) in [6.45, 7) is 0. The standard InChI is InChI=1S/C9H14ClNS/c1-12(2,3)9-6-7(10)4-5-8(9)11/h4-6H,11H2,1-3H3. The van der Waals surface area contributed by atoms with Crippen LogP contribution in [0.1, 0.15) is 0 Å². The van der Waals surface area contributed by atoms with E-state index in [2.05, 4.69) is 18.8 Å². The molecule has 0 radical (unpaired) electrons. The molecule has 0 atom stereocenters. The number of hydrogen-bond acceptors (Lipinski definition) is 1. The molecule has 68 valence electrons. The van der Waals surface area contributed by atoms with Crippen molar-refractivity contribution in [1.82, 2.24) is 0 Å². The topological polar surface area (TPSA) is 26.0 Å². The van der Waals surface area contributed by atoms with Crippen molar-refractivity contribution >= 4 is 27.3 Å². The van der Waals surface area contributed by atoms with Crippen molar-refractivity contribution in [2.45, 2.75) is 4.90 Å². The van der Waals surface area contributed by atoms with Crippen molar-refractivity contribution in [2.24, 2.45) is 0 Å². The third kappa shape index (κ3) is 2.08. The van der Waals surface area contributed by atoms with Gasteiger partial charge >= 0.3 is 0 Å². The molecule has 12 heavy (non-hydrogen) atoms. The molecule has 1 aromatic carbocycles. The summed E-state index contributed by atoms with van der Waals surface area (Å²) in [5.41, 5.74) is 6.69. The Morgan fingerprint density at radius 3 is 2.25 bits per heavy atom. The highest BCUT2D eigenvalue weighted by Gasteiger charge is 2.11. The lowest BCUT2D eigenvalue weighted by Crippen LogP contribution is -1.98. The van der Waals surface area contributed by atoms with Gasteiger partial charge in [-0.1, -0.05) is 11.6 Å². The Labute approximate surface area is 80.2 Å². The van der Waals surface area contributed by atoms with Crippen LogP contribution in [0.25, 0.3) is 0 Å². The third-order valence-electron chi connectivity index (χ3n) is 1.64. The summed E-state index contributed by atoms with van der Waals surface area (Å²) in [4.78, 5) is 1.19. The van der Waals surface area contributed by atoms with Gasteiger partial charge in [0.15, 0.2) is 0 Å². The van der Waals surface area contributed by atoms with E-state index in [9.17, 15) is 0 Å². The molecule has 2 N–H and O–H groups in total. The molecule has 0 aliphatic heterocycles. The first-order chi connectivity index (χ1) is 5.41. The second-order valence-corrected chi connectivity index (χ2v) is 8.07. The first kappa shape index (κ1) is 9.75. The molecule has 0 aromatic heterocycles. The fourth-order valence-corrected chi connectivity index (χ4v) is 2.53. The summed E-state index contributed by atoms with van der Waals surface area (Å²) in [5.74, 6) is 0. The van der Waals surface area contributed by atoms with Crippen LogP contribution in [-0.4, -0.2) is 18.8 Å². The molecule has 0 saturated carbocycles. The molecule has 0 bridgehead atoms. The minimum absolute atomic E-state index is 0.765. The maximum atomic E-state index is 5.88. The highest BCUT2D eigenvalue weighted by Crippen LogP contribution is 2.48. The predicted octanol–water partition coefficient (Wildman–Crippen LogP) is 2.98. The fourth-order valence-electron chi connectivity index (χ4n) is 1.04. The molecule has 0 aliphatic carbocycles. The van der Waals surface area contributed by atoms with Crippen LogP contribution in [-0.2, 0) is 0 Å². The van der Waals surface area contributed by atoms with Gasteiger partial charge in [-0.2, -0.15) is 0 Å². The van der Waals surface area contributed by atoms with Gasteiger partial charge in [-0.25, -0.2) is 10.0 Å². The van der Waals surface area contributed by atoms with E-state index in [-0.39, 0.29) is 0 Å². The number of hydrogen-bond donors (Lipinski definition) is 1. The first-order valence-electron chi connectivity index (χ1n) is 3.64. The second kappa shape index (κ2) is 3.19. The number of nitrogen functional groups attached to an aromatic ring is 1. The van der Waals surface area contributed by atoms with Crippen molar-refractivity contribution < 1.29 is 0 Å². The zero-order valence-electron chi connectivity index (χ0n) is 7.60. The van der Waals surface area contributed by atoms with Gasteiger partial charge in [0.1, 0.15) is 0 Å². The summed E-state index contributed by atoms with van der Waals surface area (Å²) in [6.07, 6.45) is 6.61. The monoisotopic (exact) mass is 203 g/mol. The van der Waals surface area contributed by atoms with Gasteiger partial charge in [0.25, 0.3) is 0 Å². The first-order valence-corrected chi connectivity index (χ1v) is 6.88. The summed E-state index contributed by atoms with van der Waals surface area (Å²) < 4.78 is 0. The van der Waals surface area contributed by atoms with E-state index in [0.29, 0.717) is 0 Å². The molecule has 0 amide bonds. The zero-order valence-corrected chi connectivity index (χ0v) is 9.17. The van der Waals surface area contributed by atoms with Crippen LogP contribution < -0.4 is 5.73 Å². The lowest BCUT2D eigenvalue weighted by Gasteiger charge is -2.27. The molecule has 1 nitrogen and oxygen atoms in total. The second-order valence-electron chi connectivity index (χ2n) is 3.52. The van der Waals surface area contributed by atoms with Crippen LogP contribution in [0.15, 0.2) is 23.1 Å². The Hall–Kier alpha value is -0.340. The molecular formula is C9H14ClNS. The molecular weight excluding hydrogens is 190 g/mol. The Kier molecular flexibility index (Phi) is 2.59. The highest BCUT2D eigenvalue weighted by molar-refractivity contribution is 8.32. The zero-order chi connectivity index (χ0) is 9.35. The third-order valence-corrected chi connectivity index (χ3v) is 3.54. The molecule has 0 saturated heterocycles. The SMILES string of the molecule is CS(C)(C)c1cc(Cl)ccc1N. The van der Waals surface area contributed by atoms with Crippen LogP contribution >= 0.6 is 21.6 Å². The predicted molar refractivity (Wildman–Crippen MR) is 59.5 cm³/mol. The van der Waals surface area contributed by atoms with E-state index in [1.807, 2.05) is 18.2 Å². The lowest BCUT2D eigenvalue weighted by molar-refractivity contribution is 1.44. The highest BCUT2D eigenvalue weighted by atomic mass is 35.5. The molecule has 0 heterocycles. The molecule has 0 spiro atoms. The van der Waals surface area contributed by atoms with Gasteiger partial charge in [0.2, 0.25) is 0 Å². The summed E-state index contributed by atoms with van der Waals surface area (Å²) in [5, 5.41) is 0.765. The summed E-state index contributed by atoms with van der Waals surface area (Å²) in [7, 11) is -0.765. The Balaban J connectivity index is 3.23. The van der Waals surface area contributed by atoms with Gasteiger partial charge < -0.3 is 5.73 Å². The van der Waals surface area contributed by atoms with Gasteiger partial charge in [-0.15, -0.1) is 0 Å². The van der Waals surface area contributed by atoms with Crippen LogP contribution in [0.2, 0.25) is 5.02 Å². The molecule has 1 rings (SSSR count). The van der Waals surface area contributed by atoms with Crippen LogP contribution in [0.5, 0.6) is 0 Å². The lowest BCUT2D eigenvalue weighted by atomic mass is 10.3. The molecule has 1 aromatic rings. The van der Waals surface area contributed by atoms with E-state index >= 15 is 0 Å². The smallest absolute Gasteiger partial charge is 0.0438 e. The van der Waals surface area contributed by atoms with Crippen molar-refractivity contribution in [2.75, 3.05) is 24.5 Å². The quantitative estimate of drug-likeness (QED) is 0.698. The maximum absolute atomic E-state index is 5.88. The minimum atomic E-state index is -0.765. The van der Waals surface area contributed by atoms with E-state index in [1.165, 1.54) is 4.90 Å². The largest absolute Gasteiger partial charge is 0.398 e. The van der Waals surface area contributed by atoms with Gasteiger partial charge in [0.05, 0.1) is 0 Å². The van der Waals surface area contributed by atoms with Crippen molar-refractivity contribution in [3.63, 3.8) is 0 Å². The van der Waals surface area contributed by atoms with Crippen molar-refractivity contribution in [1.29, 1.82) is 0 Å². The number of nitrogens with two attached hydrogens (primary N) is 1. The van der Waals surface area contributed by atoms with Gasteiger partial charge in [-0.3, -0.25) is 0 Å².